The molecule has 0 unspecified atom stereocenters. The Bertz CT molecular complexity index is 301. The number of nitrogens with one attached hydrogen (secondary N) is 1. The van der Waals surface area contributed by atoms with Crippen molar-refractivity contribution < 1.29 is 9.90 Å². The average Bonchev–Trinajstić information content (AvgIpc) is 2.48. The Morgan fingerprint density at radius 2 is 2.46 bits per heavy atom. The number of rotatable bonds is 3. The third-order valence-electron chi connectivity index (χ3n) is 2.80. The van der Waals surface area contributed by atoms with Crippen molar-refractivity contribution >= 4 is 5.97 Å². The molecule has 1 heterocycles. The second-order valence-corrected chi connectivity index (χ2v) is 3.64. The zero-order chi connectivity index (χ0) is 9.31. The quantitative estimate of drug-likeness (QED) is 0.736. The number of aromatic nitrogens is 2. The van der Waals surface area contributed by atoms with Gasteiger partial charge in [0.1, 0.15) is 5.82 Å². The van der Waals surface area contributed by atoms with Gasteiger partial charge in [0.25, 0.3) is 0 Å². The molecule has 0 bridgehead atoms. The molecule has 4 heteroatoms. The Morgan fingerprint density at radius 3 is 2.85 bits per heavy atom. The van der Waals surface area contributed by atoms with Gasteiger partial charge in [-0.3, -0.25) is 4.79 Å². The molecule has 0 saturated heterocycles. The van der Waals surface area contributed by atoms with E-state index in [1.165, 1.54) is 0 Å². The second-order valence-electron chi connectivity index (χ2n) is 3.64. The van der Waals surface area contributed by atoms with Crippen molar-refractivity contribution in [2.75, 3.05) is 0 Å². The van der Waals surface area contributed by atoms with E-state index in [1.807, 2.05) is 0 Å². The summed E-state index contributed by atoms with van der Waals surface area (Å²) >= 11 is 0. The summed E-state index contributed by atoms with van der Waals surface area (Å²) in [5.41, 5.74) is -0.199. The van der Waals surface area contributed by atoms with Crippen LogP contribution in [0.2, 0.25) is 0 Å². The van der Waals surface area contributed by atoms with Gasteiger partial charge in [-0.25, -0.2) is 4.98 Å². The average molecular weight is 180 g/mol. The summed E-state index contributed by atoms with van der Waals surface area (Å²) in [6.07, 6.45) is 6.60. The zero-order valence-corrected chi connectivity index (χ0v) is 7.29. The van der Waals surface area contributed by atoms with Gasteiger partial charge >= 0.3 is 5.97 Å². The first-order valence-corrected chi connectivity index (χ1v) is 4.45. The zero-order valence-electron chi connectivity index (χ0n) is 7.29. The number of hydrogen-bond acceptors (Lipinski definition) is 2. The summed E-state index contributed by atoms with van der Waals surface area (Å²) in [5, 5.41) is 8.77. The molecule has 0 spiro atoms. The van der Waals surface area contributed by atoms with Crippen LogP contribution in [0.15, 0.2) is 12.4 Å². The minimum absolute atomic E-state index is 0.195. The molecular weight excluding hydrogens is 168 g/mol. The molecule has 1 aliphatic carbocycles. The third kappa shape index (κ3) is 1.32. The van der Waals surface area contributed by atoms with Crippen LogP contribution < -0.4 is 0 Å². The molecule has 1 saturated carbocycles. The summed E-state index contributed by atoms with van der Waals surface area (Å²) in [4.78, 5) is 17.8. The molecule has 0 aromatic carbocycles. The molecule has 0 atom stereocenters. The van der Waals surface area contributed by atoms with Gasteiger partial charge in [0, 0.05) is 17.8 Å². The van der Waals surface area contributed by atoms with Crippen LogP contribution in [-0.2, 0) is 10.2 Å². The number of nitrogens with zero attached hydrogens (tertiary/aromatic N) is 1. The highest BCUT2D eigenvalue weighted by atomic mass is 16.4. The predicted octanol–water partition coefficient (Wildman–Crippen LogP) is 1.31. The lowest BCUT2D eigenvalue weighted by Crippen LogP contribution is -2.37. The molecule has 1 aromatic heterocycles. The van der Waals surface area contributed by atoms with Crippen molar-refractivity contribution in [2.45, 2.75) is 31.1 Å². The predicted molar refractivity (Wildman–Crippen MR) is 46.4 cm³/mol. The number of imidazole rings is 1. The van der Waals surface area contributed by atoms with E-state index in [9.17, 15) is 4.79 Å². The Labute approximate surface area is 76.0 Å². The van der Waals surface area contributed by atoms with Crippen LogP contribution in [0.4, 0.5) is 0 Å². The molecular formula is C9H12N2O2. The van der Waals surface area contributed by atoms with E-state index in [0.29, 0.717) is 0 Å². The monoisotopic (exact) mass is 180 g/mol. The van der Waals surface area contributed by atoms with Crippen LogP contribution in [0.1, 0.15) is 31.5 Å². The number of carbonyl (C=O) groups is 1. The molecule has 1 aliphatic rings. The number of aliphatic carboxylic acids is 1. The van der Waals surface area contributed by atoms with Gasteiger partial charge < -0.3 is 10.1 Å². The smallest absolute Gasteiger partial charge is 0.304 e. The summed E-state index contributed by atoms with van der Waals surface area (Å²) < 4.78 is 0. The standard InChI is InChI=1S/C9H12N2O2/c12-7(13)6-9(2-1-3-9)8-10-4-5-11-8/h4-5H,1-3,6H2,(H,10,11)(H,12,13). The topological polar surface area (TPSA) is 66.0 Å². The molecule has 1 aromatic rings. The highest BCUT2D eigenvalue weighted by Gasteiger charge is 2.42. The van der Waals surface area contributed by atoms with E-state index in [1.54, 1.807) is 12.4 Å². The number of carboxylic acids is 1. The first-order chi connectivity index (χ1) is 6.23. The normalized spacial score (nSPS) is 19.4. The van der Waals surface area contributed by atoms with Gasteiger partial charge in [-0.05, 0) is 12.8 Å². The van der Waals surface area contributed by atoms with Crippen molar-refractivity contribution in [1.29, 1.82) is 0 Å². The fourth-order valence-corrected chi connectivity index (χ4v) is 1.95. The number of hydrogen-bond donors (Lipinski definition) is 2. The Balaban J connectivity index is 2.20. The van der Waals surface area contributed by atoms with Gasteiger partial charge in [0.2, 0.25) is 0 Å². The highest BCUT2D eigenvalue weighted by Crippen LogP contribution is 2.44. The Kier molecular flexibility index (Phi) is 1.83. The molecule has 70 valence electrons. The molecule has 1 fully saturated rings. The molecule has 0 aliphatic heterocycles. The van der Waals surface area contributed by atoms with E-state index < -0.39 is 5.97 Å². The lowest BCUT2D eigenvalue weighted by Gasteiger charge is -2.38. The van der Waals surface area contributed by atoms with Crippen molar-refractivity contribution in [1.82, 2.24) is 9.97 Å². The molecule has 2 N–H and O–H groups in total. The van der Waals surface area contributed by atoms with Crippen LogP contribution in [0.5, 0.6) is 0 Å². The van der Waals surface area contributed by atoms with Gasteiger partial charge in [-0.1, -0.05) is 6.42 Å². The van der Waals surface area contributed by atoms with Crippen LogP contribution in [0.25, 0.3) is 0 Å². The van der Waals surface area contributed by atoms with E-state index >= 15 is 0 Å². The minimum atomic E-state index is -0.740. The molecule has 0 amide bonds. The summed E-state index contributed by atoms with van der Waals surface area (Å²) in [6.45, 7) is 0. The van der Waals surface area contributed by atoms with Crippen LogP contribution >= 0.6 is 0 Å². The molecule has 13 heavy (non-hydrogen) atoms. The maximum atomic E-state index is 10.7. The van der Waals surface area contributed by atoms with Gasteiger partial charge in [0.15, 0.2) is 0 Å². The number of aromatic amines is 1. The van der Waals surface area contributed by atoms with E-state index in [-0.39, 0.29) is 11.8 Å². The van der Waals surface area contributed by atoms with Gasteiger partial charge in [0.05, 0.1) is 6.42 Å². The first kappa shape index (κ1) is 8.29. The van der Waals surface area contributed by atoms with Crippen LogP contribution in [0.3, 0.4) is 0 Å². The molecule has 0 radical (unpaired) electrons. The third-order valence-corrected chi connectivity index (χ3v) is 2.80. The molecule has 2 rings (SSSR count). The largest absolute Gasteiger partial charge is 0.481 e. The van der Waals surface area contributed by atoms with E-state index in [4.69, 9.17) is 5.11 Å². The highest BCUT2D eigenvalue weighted by molar-refractivity contribution is 5.69. The summed E-state index contributed by atoms with van der Waals surface area (Å²) in [7, 11) is 0. The van der Waals surface area contributed by atoms with E-state index in [2.05, 4.69) is 9.97 Å². The lowest BCUT2D eigenvalue weighted by atomic mass is 9.66. The van der Waals surface area contributed by atoms with E-state index in [0.717, 1.165) is 25.1 Å². The molecule has 4 nitrogen and oxygen atoms in total. The fourth-order valence-electron chi connectivity index (χ4n) is 1.95. The van der Waals surface area contributed by atoms with Gasteiger partial charge in [-0.2, -0.15) is 0 Å². The minimum Gasteiger partial charge on any atom is -0.481 e. The Hall–Kier alpha value is -1.32. The maximum Gasteiger partial charge on any atom is 0.304 e. The maximum absolute atomic E-state index is 10.7. The fraction of sp³-hybridized carbons (Fsp3) is 0.556. The van der Waals surface area contributed by atoms with Crippen molar-refractivity contribution in [3.8, 4) is 0 Å². The summed E-state index contributed by atoms with van der Waals surface area (Å²) in [5.74, 6) is 0.0947. The Morgan fingerprint density at radius 1 is 1.69 bits per heavy atom. The number of H-pyrrole nitrogens is 1. The van der Waals surface area contributed by atoms with Gasteiger partial charge in [-0.15, -0.1) is 0 Å². The second kappa shape index (κ2) is 2.87. The van der Waals surface area contributed by atoms with Crippen LogP contribution in [-0.4, -0.2) is 21.0 Å². The SMILES string of the molecule is O=C(O)CC1(c2ncc[nH]2)CCC1. The lowest BCUT2D eigenvalue weighted by molar-refractivity contribution is -0.139. The van der Waals surface area contributed by atoms with Crippen molar-refractivity contribution in [2.24, 2.45) is 0 Å². The van der Waals surface area contributed by atoms with Crippen molar-refractivity contribution in [3.05, 3.63) is 18.2 Å². The van der Waals surface area contributed by atoms with Crippen molar-refractivity contribution in [3.63, 3.8) is 0 Å². The first-order valence-electron chi connectivity index (χ1n) is 4.45. The number of carboxylic acid groups (broad SMARTS) is 1. The van der Waals surface area contributed by atoms with Crippen LogP contribution in [0, 0.1) is 0 Å². The summed E-state index contributed by atoms with van der Waals surface area (Å²) in [6, 6.07) is 0.